The van der Waals surface area contributed by atoms with Gasteiger partial charge in [0.2, 0.25) is 0 Å². The van der Waals surface area contributed by atoms with E-state index in [1.165, 1.54) is 18.9 Å². The Hall–Kier alpha value is -3.60. The lowest BCUT2D eigenvalue weighted by Crippen LogP contribution is -2.08. The van der Waals surface area contributed by atoms with Gasteiger partial charge in [-0.05, 0) is 67.4 Å². The van der Waals surface area contributed by atoms with E-state index in [1.54, 1.807) is 42.6 Å². The van der Waals surface area contributed by atoms with Crippen LogP contribution in [-0.4, -0.2) is 23.9 Å². The zero-order valence-corrected chi connectivity index (χ0v) is 18.6. The van der Waals surface area contributed by atoms with Gasteiger partial charge in [0.05, 0.1) is 17.9 Å². The maximum Gasteiger partial charge on any atom is 0.343 e. The van der Waals surface area contributed by atoms with Crippen LogP contribution in [0.3, 0.4) is 0 Å². The molecule has 0 fully saturated rings. The van der Waals surface area contributed by atoms with Crippen LogP contribution < -0.4 is 9.47 Å². The Morgan fingerprint density at radius 1 is 0.969 bits per heavy atom. The molecule has 166 valence electrons. The van der Waals surface area contributed by atoms with Crippen LogP contribution in [-0.2, 0) is 0 Å². The number of carbonyl (C=O) groups excluding carboxylic acids is 1. The number of phenolic OH excluding ortho intramolecular Hbond substituents is 1. The van der Waals surface area contributed by atoms with Crippen molar-refractivity contribution in [3.05, 3.63) is 83.4 Å². The van der Waals surface area contributed by atoms with Crippen LogP contribution in [0.15, 0.2) is 71.7 Å². The third-order valence-electron chi connectivity index (χ3n) is 4.92. The maximum atomic E-state index is 12.4. The lowest BCUT2D eigenvalue weighted by Gasteiger charge is -2.08. The van der Waals surface area contributed by atoms with Gasteiger partial charge in [0.1, 0.15) is 17.2 Å². The molecule has 0 aliphatic rings. The second-order valence-corrected chi connectivity index (χ2v) is 7.64. The van der Waals surface area contributed by atoms with Crippen LogP contribution >= 0.6 is 0 Å². The minimum absolute atomic E-state index is 0.0153. The molecule has 1 N–H and O–H groups in total. The van der Waals surface area contributed by atoms with E-state index < -0.39 is 5.97 Å². The zero-order valence-electron chi connectivity index (χ0n) is 18.6. The summed E-state index contributed by atoms with van der Waals surface area (Å²) in [4.78, 5) is 16.8. The van der Waals surface area contributed by atoms with Crippen LogP contribution in [0.4, 0.5) is 5.69 Å². The summed E-state index contributed by atoms with van der Waals surface area (Å²) in [6.45, 7) is 4.84. The van der Waals surface area contributed by atoms with Crippen molar-refractivity contribution in [2.75, 3.05) is 6.61 Å². The van der Waals surface area contributed by atoms with Crippen LogP contribution in [0.2, 0.25) is 0 Å². The highest BCUT2D eigenvalue weighted by Crippen LogP contribution is 2.24. The fourth-order valence-corrected chi connectivity index (χ4v) is 3.12. The van der Waals surface area contributed by atoms with Crippen LogP contribution in [0.25, 0.3) is 0 Å². The number of aliphatic imine (C=N–C) groups is 1. The van der Waals surface area contributed by atoms with Crippen molar-refractivity contribution in [2.24, 2.45) is 4.99 Å². The molecular weight excluding hydrogens is 402 g/mol. The monoisotopic (exact) mass is 431 g/mol. The predicted molar refractivity (Wildman–Crippen MR) is 128 cm³/mol. The Balaban J connectivity index is 1.56. The predicted octanol–water partition coefficient (Wildman–Crippen LogP) is 6.63. The summed E-state index contributed by atoms with van der Waals surface area (Å²) in [5, 5.41) is 10.3. The number of hydrogen-bond donors (Lipinski definition) is 1. The minimum atomic E-state index is -0.500. The lowest BCUT2D eigenvalue weighted by atomic mass is 10.2. The van der Waals surface area contributed by atoms with Crippen molar-refractivity contribution in [3.63, 3.8) is 0 Å². The Kier molecular flexibility index (Phi) is 8.44. The van der Waals surface area contributed by atoms with Gasteiger partial charge >= 0.3 is 5.97 Å². The summed E-state index contributed by atoms with van der Waals surface area (Å²) in [6.07, 6.45) is 6.16. The molecule has 0 aliphatic carbocycles. The van der Waals surface area contributed by atoms with Crippen LogP contribution in [0.1, 0.15) is 54.1 Å². The highest BCUT2D eigenvalue weighted by molar-refractivity contribution is 5.91. The van der Waals surface area contributed by atoms with Crippen LogP contribution in [0.5, 0.6) is 17.2 Å². The van der Waals surface area contributed by atoms with Crippen molar-refractivity contribution in [1.82, 2.24) is 0 Å². The number of aromatic hydroxyl groups is 1. The first-order valence-electron chi connectivity index (χ1n) is 10.9. The molecule has 3 aromatic carbocycles. The van der Waals surface area contributed by atoms with E-state index in [0.29, 0.717) is 17.7 Å². The molecule has 3 rings (SSSR count). The summed E-state index contributed by atoms with van der Waals surface area (Å²) in [5.74, 6) is 0.475. The standard InChI is InChI=1S/C27H29NO4/c1-3-4-5-6-16-31-24-13-10-21(11-14-24)27(30)32-25-15-12-22(26(29)18-25)19-28-23-9-7-8-20(2)17-23/h7-15,17-19,29H,3-6,16H2,1-2H3. The maximum absolute atomic E-state index is 12.4. The third kappa shape index (κ3) is 6.98. The van der Waals surface area contributed by atoms with Gasteiger partial charge < -0.3 is 14.6 Å². The molecule has 0 atom stereocenters. The molecule has 3 aromatic rings. The summed E-state index contributed by atoms with van der Waals surface area (Å²) >= 11 is 0. The van der Waals surface area contributed by atoms with Crippen molar-refractivity contribution in [3.8, 4) is 17.2 Å². The molecule has 0 saturated heterocycles. The molecule has 0 heterocycles. The number of carbonyl (C=O) groups is 1. The van der Waals surface area contributed by atoms with Crippen molar-refractivity contribution < 1.29 is 19.4 Å². The van der Waals surface area contributed by atoms with Gasteiger partial charge in [0.25, 0.3) is 0 Å². The highest BCUT2D eigenvalue weighted by Gasteiger charge is 2.10. The highest BCUT2D eigenvalue weighted by atomic mass is 16.5. The number of esters is 1. The molecular formula is C27H29NO4. The molecule has 5 heteroatoms. The van der Waals surface area contributed by atoms with Gasteiger partial charge in [0.15, 0.2) is 0 Å². The van der Waals surface area contributed by atoms with Gasteiger partial charge in [0, 0.05) is 17.8 Å². The molecule has 0 radical (unpaired) electrons. The summed E-state index contributed by atoms with van der Waals surface area (Å²) in [6, 6.07) is 19.3. The molecule has 0 saturated carbocycles. The molecule has 0 aromatic heterocycles. The van der Waals surface area contributed by atoms with Gasteiger partial charge in [-0.1, -0.05) is 38.3 Å². The second kappa shape index (κ2) is 11.7. The fraction of sp³-hybridized carbons (Fsp3) is 0.259. The second-order valence-electron chi connectivity index (χ2n) is 7.64. The number of phenols is 1. The first kappa shape index (κ1) is 23.1. The van der Waals surface area contributed by atoms with Gasteiger partial charge in [-0.2, -0.15) is 0 Å². The third-order valence-corrected chi connectivity index (χ3v) is 4.92. The molecule has 0 amide bonds. The number of unbranched alkanes of at least 4 members (excludes halogenated alkanes) is 3. The summed E-state index contributed by atoms with van der Waals surface area (Å²) in [7, 11) is 0. The quantitative estimate of drug-likeness (QED) is 0.169. The van der Waals surface area contributed by atoms with E-state index in [9.17, 15) is 9.90 Å². The number of ether oxygens (including phenoxy) is 2. The van der Waals surface area contributed by atoms with Crippen molar-refractivity contribution in [2.45, 2.75) is 39.5 Å². The molecule has 0 aliphatic heterocycles. The number of rotatable bonds is 10. The van der Waals surface area contributed by atoms with Gasteiger partial charge in [-0.15, -0.1) is 0 Å². The number of nitrogens with zero attached hydrogens (tertiary/aromatic N) is 1. The average Bonchev–Trinajstić information content (AvgIpc) is 2.79. The van der Waals surface area contributed by atoms with E-state index in [4.69, 9.17) is 9.47 Å². The average molecular weight is 432 g/mol. The Bertz CT molecular complexity index is 1060. The number of hydrogen-bond acceptors (Lipinski definition) is 5. The van der Waals surface area contributed by atoms with Crippen LogP contribution in [0, 0.1) is 6.92 Å². The molecule has 5 nitrogen and oxygen atoms in total. The van der Waals surface area contributed by atoms with Crippen molar-refractivity contribution >= 4 is 17.9 Å². The fourth-order valence-electron chi connectivity index (χ4n) is 3.12. The Morgan fingerprint density at radius 2 is 1.75 bits per heavy atom. The zero-order chi connectivity index (χ0) is 22.8. The van der Waals surface area contributed by atoms with Gasteiger partial charge in [-0.25, -0.2) is 4.79 Å². The van der Waals surface area contributed by atoms with E-state index in [2.05, 4.69) is 11.9 Å². The first-order chi connectivity index (χ1) is 15.5. The number of aryl methyl sites for hydroxylation is 1. The van der Waals surface area contributed by atoms with E-state index in [1.807, 2.05) is 31.2 Å². The smallest absolute Gasteiger partial charge is 0.343 e. The lowest BCUT2D eigenvalue weighted by molar-refractivity contribution is 0.0734. The largest absolute Gasteiger partial charge is 0.507 e. The normalized spacial score (nSPS) is 10.9. The Morgan fingerprint density at radius 3 is 2.47 bits per heavy atom. The van der Waals surface area contributed by atoms with Crippen molar-refractivity contribution in [1.29, 1.82) is 0 Å². The Labute approximate surface area is 189 Å². The SMILES string of the molecule is CCCCCCOc1ccc(C(=O)Oc2ccc(C=Nc3cccc(C)c3)c(O)c2)cc1. The molecule has 0 bridgehead atoms. The summed E-state index contributed by atoms with van der Waals surface area (Å²) in [5.41, 5.74) is 2.85. The van der Waals surface area contributed by atoms with E-state index in [-0.39, 0.29) is 11.5 Å². The minimum Gasteiger partial charge on any atom is -0.507 e. The molecule has 0 spiro atoms. The molecule has 0 unspecified atom stereocenters. The number of benzene rings is 3. The van der Waals surface area contributed by atoms with E-state index >= 15 is 0 Å². The molecule has 32 heavy (non-hydrogen) atoms. The van der Waals surface area contributed by atoms with E-state index in [0.717, 1.165) is 29.8 Å². The summed E-state index contributed by atoms with van der Waals surface area (Å²) < 4.78 is 11.1. The van der Waals surface area contributed by atoms with Gasteiger partial charge in [-0.3, -0.25) is 4.99 Å². The topological polar surface area (TPSA) is 68.1 Å². The first-order valence-corrected chi connectivity index (χ1v) is 10.9.